The van der Waals surface area contributed by atoms with Crippen LogP contribution >= 0.6 is 0 Å². The van der Waals surface area contributed by atoms with Gasteiger partial charge in [0.1, 0.15) is 24.7 Å². The van der Waals surface area contributed by atoms with Gasteiger partial charge in [-0.1, -0.05) is 36.4 Å². The second-order valence-electron chi connectivity index (χ2n) is 11.6. The summed E-state index contributed by atoms with van der Waals surface area (Å²) in [5.41, 5.74) is 5.03. The molecule has 9 heteroatoms. The van der Waals surface area contributed by atoms with Crippen molar-refractivity contribution in [1.29, 1.82) is 0 Å². The van der Waals surface area contributed by atoms with E-state index in [-0.39, 0.29) is 24.3 Å². The molecule has 0 atom stereocenters. The predicted octanol–water partition coefficient (Wildman–Crippen LogP) is 4.95. The number of hydrogen-bond donors (Lipinski definition) is 0. The van der Waals surface area contributed by atoms with E-state index < -0.39 is 0 Å². The van der Waals surface area contributed by atoms with Gasteiger partial charge in [0.2, 0.25) is 5.91 Å². The predicted molar refractivity (Wildman–Crippen MR) is 175 cm³/mol. The van der Waals surface area contributed by atoms with Crippen molar-refractivity contribution in [3.63, 3.8) is 0 Å². The molecule has 4 aromatic rings. The summed E-state index contributed by atoms with van der Waals surface area (Å²) in [5, 5.41) is 0. The average molecular weight is 619 g/mol. The molecule has 236 valence electrons. The van der Waals surface area contributed by atoms with Crippen molar-refractivity contribution in [3.05, 3.63) is 114 Å². The molecule has 6 rings (SSSR count). The molecule has 0 radical (unpaired) electrons. The number of nitrogens with zero attached hydrogens (tertiary/aromatic N) is 4. The van der Waals surface area contributed by atoms with Gasteiger partial charge in [-0.3, -0.25) is 19.4 Å². The molecule has 0 N–H and O–H groups in total. The minimum absolute atomic E-state index is 0.105. The Bertz CT molecular complexity index is 1710. The number of benzene rings is 3. The zero-order valence-corrected chi connectivity index (χ0v) is 26.1. The Labute approximate surface area is 269 Å². The number of carbonyl (C=O) groups excluding carboxylic acids is 3. The lowest BCUT2D eigenvalue weighted by Crippen LogP contribution is -2.41. The first-order valence-corrected chi connectivity index (χ1v) is 15.8. The van der Waals surface area contributed by atoms with Gasteiger partial charge >= 0.3 is 0 Å². The third-order valence-corrected chi connectivity index (χ3v) is 8.49. The third-order valence-electron chi connectivity index (χ3n) is 8.49. The van der Waals surface area contributed by atoms with Crippen LogP contribution in [0, 0.1) is 0 Å². The highest BCUT2D eigenvalue weighted by molar-refractivity contribution is 5.97. The van der Waals surface area contributed by atoms with Crippen LogP contribution in [0.2, 0.25) is 0 Å². The van der Waals surface area contributed by atoms with Crippen molar-refractivity contribution in [1.82, 2.24) is 19.7 Å². The van der Waals surface area contributed by atoms with E-state index in [0.717, 1.165) is 41.0 Å². The maximum Gasteiger partial charge on any atom is 0.257 e. The summed E-state index contributed by atoms with van der Waals surface area (Å²) in [6, 6.07) is 24.8. The fraction of sp³-hybridized carbons (Fsp3) is 0.297. The summed E-state index contributed by atoms with van der Waals surface area (Å²) in [6.45, 7) is 2.76. The van der Waals surface area contributed by atoms with Gasteiger partial charge in [0, 0.05) is 63.0 Å². The number of carbonyl (C=O) groups is 3. The minimum Gasteiger partial charge on any atom is -0.491 e. The molecule has 1 aromatic heterocycles. The maximum absolute atomic E-state index is 14.0. The van der Waals surface area contributed by atoms with Gasteiger partial charge < -0.3 is 24.2 Å². The summed E-state index contributed by atoms with van der Waals surface area (Å²) in [4.78, 5) is 48.9. The normalized spacial score (nSPS) is 15.6. The zero-order chi connectivity index (χ0) is 31.9. The van der Waals surface area contributed by atoms with E-state index in [9.17, 15) is 14.4 Å². The van der Waals surface area contributed by atoms with E-state index >= 15 is 0 Å². The van der Waals surface area contributed by atoms with Gasteiger partial charge in [0.05, 0.1) is 18.7 Å². The molecule has 1 fully saturated rings. The molecule has 2 aliphatic heterocycles. The molecule has 0 unspecified atom stereocenters. The fourth-order valence-electron chi connectivity index (χ4n) is 5.92. The molecule has 2 bridgehead atoms. The Balaban J connectivity index is 1.25. The summed E-state index contributed by atoms with van der Waals surface area (Å²) >= 11 is 0. The highest BCUT2D eigenvalue weighted by atomic mass is 16.5. The largest absolute Gasteiger partial charge is 0.491 e. The molecular formula is C37H38N4O5. The number of hydrogen-bond acceptors (Lipinski definition) is 6. The number of amides is 3. The topological polar surface area (TPSA) is 92.3 Å². The molecule has 9 nitrogen and oxygen atoms in total. The van der Waals surface area contributed by atoms with Crippen LogP contribution in [0.1, 0.15) is 44.7 Å². The summed E-state index contributed by atoms with van der Waals surface area (Å²) in [5.74, 6) is 1.02. The fourth-order valence-corrected chi connectivity index (χ4v) is 5.92. The molecular weight excluding hydrogens is 580 g/mol. The van der Waals surface area contributed by atoms with Gasteiger partial charge in [-0.05, 0) is 65.6 Å². The highest BCUT2D eigenvalue weighted by Gasteiger charge is 2.24. The zero-order valence-electron chi connectivity index (χ0n) is 26.1. The number of likely N-dealkylation sites (tertiary alicyclic amines) is 1. The number of ether oxygens (including phenoxy) is 2. The number of pyridine rings is 1. The van der Waals surface area contributed by atoms with Crippen LogP contribution in [0.15, 0.2) is 91.3 Å². The lowest BCUT2D eigenvalue weighted by Gasteiger charge is -2.27. The SMILES string of the molecule is CN1CCN(C(=O)c2ccccc2OCCN2CCCC2=O)CCOc2ccc(-c3cccnc3)cc2Cc2cccc(c2)C1=O. The molecule has 3 aromatic carbocycles. The van der Waals surface area contributed by atoms with Crippen molar-refractivity contribution < 1.29 is 23.9 Å². The summed E-state index contributed by atoms with van der Waals surface area (Å²) in [6.07, 6.45) is 5.59. The van der Waals surface area contributed by atoms with Crippen LogP contribution < -0.4 is 9.47 Å². The van der Waals surface area contributed by atoms with E-state index in [4.69, 9.17) is 9.47 Å². The molecule has 0 spiro atoms. The van der Waals surface area contributed by atoms with Gasteiger partial charge in [-0.25, -0.2) is 0 Å². The van der Waals surface area contributed by atoms with Crippen LogP contribution in [-0.2, 0) is 11.2 Å². The van der Waals surface area contributed by atoms with E-state index in [2.05, 4.69) is 11.1 Å². The van der Waals surface area contributed by atoms with Crippen molar-refractivity contribution in [2.75, 3.05) is 53.0 Å². The Morgan fingerprint density at radius 3 is 2.59 bits per heavy atom. The lowest BCUT2D eigenvalue weighted by molar-refractivity contribution is -0.128. The highest BCUT2D eigenvalue weighted by Crippen LogP contribution is 2.29. The molecule has 1 saturated heterocycles. The summed E-state index contributed by atoms with van der Waals surface area (Å²) in [7, 11) is 1.76. The second-order valence-corrected chi connectivity index (χ2v) is 11.6. The second kappa shape index (κ2) is 14.3. The van der Waals surface area contributed by atoms with E-state index in [1.54, 1.807) is 40.1 Å². The van der Waals surface area contributed by atoms with Crippen LogP contribution in [0.3, 0.4) is 0 Å². The number of aromatic nitrogens is 1. The lowest BCUT2D eigenvalue weighted by atomic mass is 9.98. The van der Waals surface area contributed by atoms with Gasteiger partial charge in [0.25, 0.3) is 11.8 Å². The van der Waals surface area contributed by atoms with Gasteiger partial charge in [0.15, 0.2) is 0 Å². The van der Waals surface area contributed by atoms with Crippen LogP contribution in [0.4, 0.5) is 0 Å². The Morgan fingerprint density at radius 1 is 0.891 bits per heavy atom. The van der Waals surface area contributed by atoms with E-state index in [0.29, 0.717) is 62.5 Å². The molecule has 3 amide bonds. The van der Waals surface area contributed by atoms with Crippen LogP contribution in [0.5, 0.6) is 11.5 Å². The molecule has 46 heavy (non-hydrogen) atoms. The number of para-hydroxylation sites is 1. The van der Waals surface area contributed by atoms with Gasteiger partial charge in [-0.15, -0.1) is 0 Å². The average Bonchev–Trinajstić information content (AvgIpc) is 3.50. The first-order valence-electron chi connectivity index (χ1n) is 15.8. The minimum atomic E-state index is -0.210. The summed E-state index contributed by atoms with van der Waals surface area (Å²) < 4.78 is 12.4. The maximum atomic E-state index is 14.0. The molecule has 0 aliphatic carbocycles. The van der Waals surface area contributed by atoms with Crippen molar-refractivity contribution in [2.45, 2.75) is 19.3 Å². The van der Waals surface area contributed by atoms with Crippen LogP contribution in [0.25, 0.3) is 11.1 Å². The van der Waals surface area contributed by atoms with E-state index in [1.807, 2.05) is 66.9 Å². The van der Waals surface area contributed by atoms with Crippen LogP contribution in [-0.4, -0.2) is 90.4 Å². The first-order chi connectivity index (χ1) is 22.5. The van der Waals surface area contributed by atoms with Crippen molar-refractivity contribution in [2.24, 2.45) is 0 Å². The number of rotatable bonds is 6. The van der Waals surface area contributed by atoms with Gasteiger partial charge in [-0.2, -0.15) is 0 Å². The monoisotopic (exact) mass is 618 g/mol. The van der Waals surface area contributed by atoms with E-state index in [1.165, 1.54) is 0 Å². The quantitative estimate of drug-likeness (QED) is 0.304. The van der Waals surface area contributed by atoms with Crippen molar-refractivity contribution >= 4 is 17.7 Å². The molecule has 3 heterocycles. The standard InChI is InChI=1S/C37H38N4O5/c1-39-17-18-41(37(44)32-10-2-3-11-34(32)46-21-19-40-16-6-12-35(40)42)20-22-45-33-14-13-28(30-9-5-15-38-26-30)25-31(33)24-27-7-4-8-29(23-27)36(39)43/h2-5,7-11,13-15,23,25-26H,6,12,16-22,24H2,1H3. The Morgan fingerprint density at radius 2 is 1.76 bits per heavy atom. The smallest absolute Gasteiger partial charge is 0.257 e. The molecule has 2 aliphatic rings. The third kappa shape index (κ3) is 7.20. The number of fused-ring (bicyclic) bond motifs is 3. The number of likely N-dealkylation sites (N-methyl/N-ethyl adjacent to an activating group) is 1. The first kappa shape index (κ1) is 30.8. The Hall–Kier alpha value is -5.18. The van der Waals surface area contributed by atoms with Crippen molar-refractivity contribution in [3.8, 4) is 22.6 Å². The molecule has 0 saturated carbocycles. The Kier molecular flexibility index (Phi) is 9.57.